The van der Waals surface area contributed by atoms with Gasteiger partial charge in [0.15, 0.2) is 0 Å². The number of rotatable bonds is 3. The van der Waals surface area contributed by atoms with Gasteiger partial charge in [0.1, 0.15) is 11.4 Å². The molecule has 0 bridgehead atoms. The third-order valence-corrected chi connectivity index (χ3v) is 5.01. The van der Waals surface area contributed by atoms with Gasteiger partial charge in [-0.3, -0.25) is 4.90 Å². The van der Waals surface area contributed by atoms with Crippen molar-refractivity contribution in [3.05, 3.63) is 23.9 Å². The Labute approximate surface area is 151 Å². The number of hydrogen-bond acceptors (Lipinski definition) is 4. The van der Waals surface area contributed by atoms with Crippen LogP contribution in [0.25, 0.3) is 0 Å². The molecule has 1 aromatic rings. The molecule has 1 amide bonds. The highest BCUT2D eigenvalue weighted by Gasteiger charge is 2.31. The fraction of sp³-hybridized carbons (Fsp3) is 0.700. The summed E-state index contributed by atoms with van der Waals surface area (Å²) in [4.78, 5) is 19.3. The van der Waals surface area contributed by atoms with Gasteiger partial charge >= 0.3 is 6.09 Å². The minimum absolute atomic E-state index is 0.187. The maximum Gasteiger partial charge on any atom is 0.416 e. The van der Waals surface area contributed by atoms with E-state index in [2.05, 4.69) is 16.4 Å². The molecule has 25 heavy (non-hydrogen) atoms. The molecule has 138 valence electrons. The highest BCUT2D eigenvalue weighted by Crippen LogP contribution is 2.29. The van der Waals surface area contributed by atoms with Crippen LogP contribution >= 0.6 is 0 Å². The zero-order valence-electron chi connectivity index (χ0n) is 15.8. The lowest BCUT2D eigenvalue weighted by molar-refractivity contribution is 0.0556. The molecule has 3 rings (SSSR count). The summed E-state index contributed by atoms with van der Waals surface area (Å²) in [7, 11) is 0. The molecule has 2 aliphatic rings. The summed E-state index contributed by atoms with van der Waals surface area (Å²) in [5.41, 5.74) is 0.701. The molecular weight excluding hydrogens is 314 g/mol. The molecule has 1 N–H and O–H groups in total. The van der Waals surface area contributed by atoms with Crippen LogP contribution in [-0.2, 0) is 4.74 Å². The molecule has 2 heterocycles. The van der Waals surface area contributed by atoms with Crippen LogP contribution in [0.1, 0.15) is 77.3 Å². The molecule has 0 spiro atoms. The van der Waals surface area contributed by atoms with Gasteiger partial charge in [0.05, 0.1) is 0 Å². The van der Waals surface area contributed by atoms with Crippen LogP contribution in [0.15, 0.2) is 18.3 Å². The van der Waals surface area contributed by atoms with Gasteiger partial charge in [-0.2, -0.15) is 0 Å². The summed E-state index contributed by atoms with van der Waals surface area (Å²) in [5.74, 6) is 0.711. The van der Waals surface area contributed by atoms with Gasteiger partial charge in [-0.15, -0.1) is 0 Å². The van der Waals surface area contributed by atoms with Crippen molar-refractivity contribution in [2.45, 2.75) is 83.4 Å². The molecule has 1 aromatic heterocycles. The number of ether oxygens (including phenoxy) is 1. The van der Waals surface area contributed by atoms with Crippen molar-refractivity contribution in [3.8, 4) is 0 Å². The standard InChI is InChI=1S/C20H31N3O2/c1-20(2,3)25-19(24)23(16-8-5-4-6-9-16)18-12-11-15(14-22-18)17-10-7-13-21-17/h11-12,14,16-17,21H,4-10,13H2,1-3H3. The summed E-state index contributed by atoms with van der Waals surface area (Å²) in [6, 6.07) is 4.66. The minimum Gasteiger partial charge on any atom is -0.443 e. The smallest absolute Gasteiger partial charge is 0.416 e. The largest absolute Gasteiger partial charge is 0.443 e. The zero-order chi connectivity index (χ0) is 17.9. The van der Waals surface area contributed by atoms with Crippen molar-refractivity contribution >= 4 is 11.9 Å². The zero-order valence-corrected chi connectivity index (χ0v) is 15.8. The summed E-state index contributed by atoms with van der Waals surface area (Å²) in [6.45, 7) is 6.79. The van der Waals surface area contributed by atoms with E-state index in [0.717, 1.165) is 38.6 Å². The van der Waals surface area contributed by atoms with E-state index < -0.39 is 5.60 Å². The van der Waals surface area contributed by atoms with Crippen LogP contribution < -0.4 is 10.2 Å². The van der Waals surface area contributed by atoms with Crippen LogP contribution in [0.4, 0.5) is 10.6 Å². The Morgan fingerprint density at radius 2 is 1.92 bits per heavy atom. The second kappa shape index (κ2) is 7.73. The number of nitrogens with one attached hydrogen (secondary N) is 1. The Bertz CT molecular complexity index is 568. The van der Waals surface area contributed by atoms with Gasteiger partial charge in [-0.25, -0.2) is 9.78 Å². The average Bonchev–Trinajstić information content (AvgIpc) is 3.09. The van der Waals surface area contributed by atoms with Crippen LogP contribution in [0, 0.1) is 0 Å². The molecule has 1 unspecified atom stereocenters. The lowest BCUT2D eigenvalue weighted by Gasteiger charge is -2.35. The highest BCUT2D eigenvalue weighted by atomic mass is 16.6. The molecule has 1 atom stereocenters. The van der Waals surface area contributed by atoms with Crippen molar-refractivity contribution in [3.63, 3.8) is 0 Å². The molecule has 0 aromatic carbocycles. The summed E-state index contributed by atoms with van der Waals surface area (Å²) in [5, 5.41) is 3.49. The maximum absolute atomic E-state index is 12.9. The van der Waals surface area contributed by atoms with Gasteiger partial charge in [0, 0.05) is 18.3 Å². The fourth-order valence-electron chi connectivity index (χ4n) is 3.80. The first kappa shape index (κ1) is 18.2. The number of aromatic nitrogens is 1. The first-order valence-corrected chi connectivity index (χ1v) is 9.65. The highest BCUT2D eigenvalue weighted by molar-refractivity contribution is 5.87. The third kappa shape index (κ3) is 4.72. The van der Waals surface area contributed by atoms with Gasteiger partial charge in [0.25, 0.3) is 0 Å². The minimum atomic E-state index is -0.502. The van der Waals surface area contributed by atoms with Crippen LogP contribution in [-0.4, -0.2) is 29.3 Å². The van der Waals surface area contributed by atoms with E-state index in [-0.39, 0.29) is 12.1 Å². The topological polar surface area (TPSA) is 54.5 Å². The average molecular weight is 345 g/mol. The second-order valence-electron chi connectivity index (χ2n) is 8.24. The van der Waals surface area contributed by atoms with Crippen molar-refractivity contribution in [1.29, 1.82) is 0 Å². The van der Waals surface area contributed by atoms with Gasteiger partial charge in [-0.1, -0.05) is 25.3 Å². The molecule has 1 aliphatic heterocycles. The first-order valence-electron chi connectivity index (χ1n) is 9.65. The van der Waals surface area contributed by atoms with E-state index in [4.69, 9.17) is 4.74 Å². The fourth-order valence-corrected chi connectivity index (χ4v) is 3.80. The summed E-state index contributed by atoms with van der Waals surface area (Å²) < 4.78 is 5.67. The Morgan fingerprint density at radius 1 is 1.16 bits per heavy atom. The number of amides is 1. The van der Waals surface area contributed by atoms with E-state index in [0.29, 0.717) is 11.9 Å². The Kier molecular flexibility index (Phi) is 5.62. The second-order valence-corrected chi connectivity index (χ2v) is 8.24. The van der Waals surface area contributed by atoms with Gasteiger partial charge in [0.2, 0.25) is 0 Å². The number of nitrogens with zero attached hydrogens (tertiary/aromatic N) is 2. The van der Waals surface area contributed by atoms with Crippen LogP contribution in [0.5, 0.6) is 0 Å². The van der Waals surface area contributed by atoms with E-state index in [1.54, 1.807) is 4.90 Å². The molecular formula is C20H31N3O2. The van der Waals surface area contributed by atoms with Crippen LogP contribution in [0.2, 0.25) is 0 Å². The van der Waals surface area contributed by atoms with E-state index >= 15 is 0 Å². The van der Waals surface area contributed by atoms with Crippen molar-refractivity contribution in [2.24, 2.45) is 0 Å². The monoisotopic (exact) mass is 345 g/mol. The predicted molar refractivity (Wildman–Crippen MR) is 99.8 cm³/mol. The molecule has 5 heteroatoms. The Morgan fingerprint density at radius 3 is 2.48 bits per heavy atom. The predicted octanol–water partition coefficient (Wildman–Crippen LogP) is 4.58. The third-order valence-electron chi connectivity index (χ3n) is 5.01. The first-order chi connectivity index (χ1) is 11.9. The SMILES string of the molecule is CC(C)(C)OC(=O)N(c1ccc(C2CCCN2)cn1)C1CCCCC1. The summed E-state index contributed by atoms with van der Waals surface area (Å²) in [6.07, 6.45) is 9.61. The molecule has 1 aliphatic carbocycles. The van der Waals surface area contributed by atoms with E-state index in [9.17, 15) is 4.79 Å². The molecule has 2 fully saturated rings. The number of carbonyl (C=O) groups is 1. The molecule has 5 nitrogen and oxygen atoms in total. The number of hydrogen-bond donors (Lipinski definition) is 1. The van der Waals surface area contributed by atoms with Gasteiger partial charge in [-0.05, 0) is 64.6 Å². The lowest BCUT2D eigenvalue weighted by atomic mass is 9.94. The number of carbonyl (C=O) groups excluding carboxylic acids is 1. The Balaban J connectivity index is 1.81. The van der Waals surface area contributed by atoms with E-state index in [1.165, 1.54) is 18.4 Å². The van der Waals surface area contributed by atoms with Gasteiger partial charge < -0.3 is 10.1 Å². The molecule has 1 saturated heterocycles. The number of pyridine rings is 1. The Hall–Kier alpha value is -1.62. The normalized spacial score (nSPS) is 22.0. The quantitative estimate of drug-likeness (QED) is 0.871. The van der Waals surface area contributed by atoms with E-state index in [1.807, 2.05) is 33.0 Å². The molecule has 0 radical (unpaired) electrons. The summed E-state index contributed by atoms with van der Waals surface area (Å²) >= 11 is 0. The van der Waals surface area contributed by atoms with Crippen molar-refractivity contribution in [1.82, 2.24) is 10.3 Å². The van der Waals surface area contributed by atoms with Crippen molar-refractivity contribution in [2.75, 3.05) is 11.4 Å². The molecule has 1 saturated carbocycles. The maximum atomic E-state index is 12.9. The van der Waals surface area contributed by atoms with Crippen LogP contribution in [0.3, 0.4) is 0 Å². The number of anilines is 1. The van der Waals surface area contributed by atoms with Crippen molar-refractivity contribution < 1.29 is 9.53 Å². The lowest BCUT2D eigenvalue weighted by Crippen LogP contribution is -2.45.